The van der Waals surface area contributed by atoms with Crippen molar-refractivity contribution >= 4 is 23.2 Å². The van der Waals surface area contributed by atoms with Gasteiger partial charge in [0, 0.05) is 36.2 Å². The fraction of sp³-hybridized carbons (Fsp3) is 0.375. The predicted molar refractivity (Wildman–Crippen MR) is 79.2 cm³/mol. The van der Waals surface area contributed by atoms with Crippen LogP contribution in [0.4, 0.5) is 11.4 Å². The Bertz CT molecular complexity index is 572. The standard InChI is InChI=1S/C16H18N2O2/c1-4-12-8-15(19)18(10-12)14-7-5-6-13(9-14)17-16(20)11(2)3/h1,5-7,9,11-12H,8,10H2,2-3H3,(H,17,20). The summed E-state index contributed by atoms with van der Waals surface area (Å²) in [5.74, 6) is 2.49. The van der Waals surface area contributed by atoms with Gasteiger partial charge in [0.25, 0.3) is 0 Å². The van der Waals surface area contributed by atoms with Crippen molar-refractivity contribution in [1.29, 1.82) is 0 Å². The molecule has 4 nitrogen and oxygen atoms in total. The third-order valence-corrected chi connectivity index (χ3v) is 3.31. The van der Waals surface area contributed by atoms with E-state index in [-0.39, 0.29) is 23.7 Å². The first-order valence-electron chi connectivity index (χ1n) is 6.68. The van der Waals surface area contributed by atoms with Gasteiger partial charge in [0.05, 0.1) is 0 Å². The predicted octanol–water partition coefficient (Wildman–Crippen LogP) is 2.27. The molecule has 1 N–H and O–H groups in total. The van der Waals surface area contributed by atoms with E-state index in [9.17, 15) is 9.59 Å². The van der Waals surface area contributed by atoms with Gasteiger partial charge in [0.15, 0.2) is 0 Å². The van der Waals surface area contributed by atoms with Gasteiger partial charge in [-0.25, -0.2) is 0 Å². The van der Waals surface area contributed by atoms with E-state index in [0.29, 0.717) is 18.7 Å². The Kier molecular flexibility index (Phi) is 4.09. The van der Waals surface area contributed by atoms with Crippen LogP contribution >= 0.6 is 0 Å². The Hall–Kier alpha value is -2.28. The quantitative estimate of drug-likeness (QED) is 0.857. The van der Waals surface area contributed by atoms with Gasteiger partial charge in [-0.05, 0) is 18.2 Å². The maximum Gasteiger partial charge on any atom is 0.228 e. The van der Waals surface area contributed by atoms with Crippen LogP contribution in [0.1, 0.15) is 20.3 Å². The Morgan fingerprint density at radius 2 is 2.25 bits per heavy atom. The van der Waals surface area contributed by atoms with Crippen molar-refractivity contribution in [2.45, 2.75) is 20.3 Å². The zero-order valence-electron chi connectivity index (χ0n) is 11.7. The third kappa shape index (κ3) is 3.00. The van der Waals surface area contributed by atoms with Crippen molar-refractivity contribution in [2.24, 2.45) is 11.8 Å². The smallest absolute Gasteiger partial charge is 0.228 e. The molecule has 2 amide bonds. The van der Waals surface area contributed by atoms with Crippen LogP contribution < -0.4 is 10.2 Å². The number of hydrogen-bond acceptors (Lipinski definition) is 2. The van der Waals surface area contributed by atoms with Crippen LogP contribution in [0.15, 0.2) is 24.3 Å². The number of rotatable bonds is 3. The van der Waals surface area contributed by atoms with Crippen LogP contribution in [0.3, 0.4) is 0 Å². The van der Waals surface area contributed by atoms with Crippen molar-refractivity contribution in [3.63, 3.8) is 0 Å². The molecule has 1 aromatic carbocycles. The number of hydrogen-bond donors (Lipinski definition) is 1. The Morgan fingerprint density at radius 3 is 2.85 bits per heavy atom. The van der Waals surface area contributed by atoms with Crippen LogP contribution in [0, 0.1) is 24.2 Å². The highest BCUT2D eigenvalue weighted by Gasteiger charge is 2.29. The lowest BCUT2D eigenvalue weighted by Gasteiger charge is -2.17. The van der Waals surface area contributed by atoms with E-state index in [2.05, 4.69) is 11.2 Å². The average molecular weight is 270 g/mol. The Balaban J connectivity index is 2.16. The van der Waals surface area contributed by atoms with Crippen LogP contribution in [0.25, 0.3) is 0 Å². The molecule has 0 aliphatic carbocycles. The van der Waals surface area contributed by atoms with Crippen molar-refractivity contribution < 1.29 is 9.59 Å². The van der Waals surface area contributed by atoms with Gasteiger partial charge >= 0.3 is 0 Å². The molecular formula is C16H18N2O2. The number of carbonyl (C=O) groups excluding carboxylic acids is 2. The molecule has 0 radical (unpaired) electrons. The number of benzene rings is 1. The van der Waals surface area contributed by atoms with E-state index in [1.54, 1.807) is 11.0 Å². The SMILES string of the molecule is C#CC1CC(=O)N(c2cccc(NC(=O)C(C)C)c2)C1. The summed E-state index contributed by atoms with van der Waals surface area (Å²) in [5, 5.41) is 2.83. The fourth-order valence-corrected chi connectivity index (χ4v) is 2.11. The highest BCUT2D eigenvalue weighted by molar-refractivity contribution is 5.97. The minimum atomic E-state index is -0.0853. The van der Waals surface area contributed by atoms with Gasteiger partial charge < -0.3 is 10.2 Å². The van der Waals surface area contributed by atoms with Gasteiger partial charge in [-0.2, -0.15) is 0 Å². The molecule has 0 spiro atoms. The Morgan fingerprint density at radius 1 is 1.50 bits per heavy atom. The lowest BCUT2D eigenvalue weighted by molar-refractivity contribution is -0.119. The molecule has 104 valence electrons. The lowest BCUT2D eigenvalue weighted by atomic mass is 10.1. The summed E-state index contributed by atoms with van der Waals surface area (Å²) in [6.45, 7) is 4.21. The van der Waals surface area contributed by atoms with E-state index in [1.165, 1.54) is 0 Å². The van der Waals surface area contributed by atoms with Crippen LogP contribution in [-0.4, -0.2) is 18.4 Å². The van der Waals surface area contributed by atoms with E-state index < -0.39 is 0 Å². The van der Waals surface area contributed by atoms with Crippen LogP contribution in [-0.2, 0) is 9.59 Å². The zero-order chi connectivity index (χ0) is 14.7. The van der Waals surface area contributed by atoms with Crippen molar-refractivity contribution in [3.05, 3.63) is 24.3 Å². The second kappa shape index (κ2) is 5.79. The molecule has 0 saturated carbocycles. The van der Waals surface area contributed by atoms with Crippen LogP contribution in [0.5, 0.6) is 0 Å². The number of carbonyl (C=O) groups is 2. The monoisotopic (exact) mass is 270 g/mol. The summed E-state index contributed by atoms with van der Waals surface area (Å²) in [4.78, 5) is 25.3. The molecular weight excluding hydrogens is 252 g/mol. The largest absolute Gasteiger partial charge is 0.326 e. The van der Waals surface area contributed by atoms with Gasteiger partial charge in [-0.3, -0.25) is 9.59 Å². The third-order valence-electron chi connectivity index (χ3n) is 3.31. The first-order chi connectivity index (χ1) is 9.51. The molecule has 1 atom stereocenters. The topological polar surface area (TPSA) is 49.4 Å². The molecule has 4 heteroatoms. The van der Waals surface area contributed by atoms with E-state index in [4.69, 9.17) is 6.42 Å². The highest BCUT2D eigenvalue weighted by Crippen LogP contribution is 2.26. The first-order valence-corrected chi connectivity index (χ1v) is 6.68. The number of nitrogens with one attached hydrogen (secondary N) is 1. The molecule has 0 aromatic heterocycles. The fourth-order valence-electron chi connectivity index (χ4n) is 2.11. The molecule has 20 heavy (non-hydrogen) atoms. The van der Waals surface area contributed by atoms with Crippen molar-refractivity contribution in [2.75, 3.05) is 16.8 Å². The summed E-state index contributed by atoms with van der Waals surface area (Å²) < 4.78 is 0. The Labute approximate surface area is 119 Å². The normalized spacial score (nSPS) is 18.2. The molecule has 1 saturated heterocycles. The molecule has 1 aliphatic heterocycles. The highest BCUT2D eigenvalue weighted by atomic mass is 16.2. The molecule has 2 rings (SSSR count). The first kappa shape index (κ1) is 14.1. The summed E-state index contributed by atoms with van der Waals surface area (Å²) in [6, 6.07) is 7.28. The van der Waals surface area contributed by atoms with E-state index >= 15 is 0 Å². The van der Waals surface area contributed by atoms with Crippen LogP contribution in [0.2, 0.25) is 0 Å². The van der Waals surface area contributed by atoms with Gasteiger partial charge in [-0.15, -0.1) is 12.3 Å². The van der Waals surface area contributed by atoms with Gasteiger partial charge in [0.2, 0.25) is 11.8 Å². The number of nitrogens with zero attached hydrogens (tertiary/aromatic N) is 1. The second-order valence-corrected chi connectivity index (χ2v) is 5.27. The van der Waals surface area contributed by atoms with Gasteiger partial charge in [-0.1, -0.05) is 19.9 Å². The number of terminal acetylenes is 1. The van der Waals surface area contributed by atoms with E-state index in [0.717, 1.165) is 5.69 Å². The number of amides is 2. The lowest BCUT2D eigenvalue weighted by Crippen LogP contribution is -2.24. The summed E-state index contributed by atoms with van der Waals surface area (Å²) in [5.41, 5.74) is 1.47. The molecule has 1 aromatic rings. The zero-order valence-corrected chi connectivity index (χ0v) is 11.7. The maximum absolute atomic E-state index is 11.9. The second-order valence-electron chi connectivity index (χ2n) is 5.27. The number of anilines is 2. The van der Waals surface area contributed by atoms with Crippen molar-refractivity contribution in [3.8, 4) is 12.3 Å². The van der Waals surface area contributed by atoms with Gasteiger partial charge in [0.1, 0.15) is 0 Å². The summed E-state index contributed by atoms with van der Waals surface area (Å²) in [7, 11) is 0. The average Bonchev–Trinajstić information content (AvgIpc) is 2.80. The summed E-state index contributed by atoms with van der Waals surface area (Å²) in [6.07, 6.45) is 5.77. The van der Waals surface area contributed by atoms with E-state index in [1.807, 2.05) is 32.0 Å². The molecule has 1 heterocycles. The molecule has 1 fully saturated rings. The maximum atomic E-state index is 11.9. The minimum absolute atomic E-state index is 0.0280. The summed E-state index contributed by atoms with van der Waals surface area (Å²) >= 11 is 0. The minimum Gasteiger partial charge on any atom is -0.326 e. The molecule has 1 aliphatic rings. The van der Waals surface area contributed by atoms with Crippen molar-refractivity contribution in [1.82, 2.24) is 0 Å². The molecule has 1 unspecified atom stereocenters. The molecule has 0 bridgehead atoms.